The van der Waals surface area contributed by atoms with Crippen molar-refractivity contribution in [3.8, 4) is 11.9 Å². The number of anilines is 2. The molecule has 0 aliphatic rings. The standard InChI is InChI=1S/C16H13N5OS2/c1-22-12-5-2-10(3-6-12)21(15(18)19-9-17)11-4-7-13-14(8-11)24-16(23)20-13/h2-8H,1H3,(H2,18,19)(H,20,23). The van der Waals surface area contributed by atoms with Gasteiger partial charge in [0.1, 0.15) is 5.75 Å². The van der Waals surface area contributed by atoms with E-state index in [1.165, 1.54) is 11.3 Å². The molecule has 2 aromatic carbocycles. The molecule has 0 amide bonds. The van der Waals surface area contributed by atoms with Crippen molar-refractivity contribution in [2.24, 2.45) is 10.7 Å². The number of nitrogens with zero attached hydrogens (tertiary/aromatic N) is 3. The molecular weight excluding hydrogens is 342 g/mol. The lowest BCUT2D eigenvalue weighted by atomic mass is 10.2. The lowest BCUT2D eigenvalue weighted by molar-refractivity contribution is 0.415. The van der Waals surface area contributed by atoms with Gasteiger partial charge < -0.3 is 15.5 Å². The van der Waals surface area contributed by atoms with Crippen LogP contribution in [0.5, 0.6) is 5.75 Å². The third-order valence-corrected chi connectivity index (χ3v) is 4.58. The normalized spacial score (nSPS) is 11.2. The SMILES string of the molecule is COc1ccc(N(C(N)=NC#N)c2ccc3[nH]c(=S)sc3c2)cc1. The van der Waals surface area contributed by atoms with Crippen LogP contribution in [0.25, 0.3) is 10.2 Å². The first-order valence-electron chi connectivity index (χ1n) is 6.91. The molecule has 0 spiro atoms. The molecule has 0 aliphatic carbocycles. The molecule has 0 saturated carbocycles. The van der Waals surface area contributed by atoms with Gasteiger partial charge in [0.25, 0.3) is 0 Å². The Hall–Kier alpha value is -2.89. The maximum Gasteiger partial charge on any atom is 0.216 e. The molecular formula is C16H13N5OS2. The lowest BCUT2D eigenvalue weighted by Gasteiger charge is -2.23. The number of H-pyrrole nitrogens is 1. The van der Waals surface area contributed by atoms with Crippen LogP contribution in [0.4, 0.5) is 11.4 Å². The van der Waals surface area contributed by atoms with E-state index >= 15 is 0 Å². The number of guanidine groups is 1. The van der Waals surface area contributed by atoms with Crippen LogP contribution < -0.4 is 15.4 Å². The molecule has 3 N–H and O–H groups in total. The van der Waals surface area contributed by atoms with E-state index in [0.29, 0.717) is 3.95 Å². The molecule has 0 saturated heterocycles. The number of fused-ring (bicyclic) bond motifs is 1. The van der Waals surface area contributed by atoms with Gasteiger partial charge in [0.05, 0.1) is 23.0 Å². The number of rotatable bonds is 3. The fraction of sp³-hybridized carbons (Fsp3) is 0.0625. The van der Waals surface area contributed by atoms with E-state index in [1.54, 1.807) is 18.2 Å². The van der Waals surface area contributed by atoms with Crippen molar-refractivity contribution in [3.63, 3.8) is 0 Å². The van der Waals surface area contributed by atoms with Crippen LogP contribution in [-0.4, -0.2) is 18.1 Å². The Morgan fingerprint density at radius 1 is 1.29 bits per heavy atom. The highest BCUT2D eigenvalue weighted by Gasteiger charge is 2.15. The summed E-state index contributed by atoms with van der Waals surface area (Å²) in [5, 5.41) is 8.86. The van der Waals surface area contributed by atoms with Crippen LogP contribution in [0, 0.1) is 15.4 Å². The summed E-state index contributed by atoms with van der Waals surface area (Å²) >= 11 is 6.66. The molecule has 0 bridgehead atoms. The maximum atomic E-state index is 8.86. The average Bonchev–Trinajstić information content (AvgIpc) is 2.95. The predicted molar refractivity (Wildman–Crippen MR) is 99.4 cm³/mol. The Balaban J connectivity index is 2.13. The topological polar surface area (TPSA) is 90.4 Å². The van der Waals surface area contributed by atoms with Crippen molar-refractivity contribution >= 4 is 51.1 Å². The van der Waals surface area contributed by atoms with Gasteiger partial charge in [-0.2, -0.15) is 5.26 Å². The molecule has 120 valence electrons. The number of benzene rings is 2. The summed E-state index contributed by atoms with van der Waals surface area (Å²) in [4.78, 5) is 8.49. The Kier molecular flexibility index (Phi) is 4.46. The van der Waals surface area contributed by atoms with E-state index in [-0.39, 0.29) is 5.96 Å². The minimum atomic E-state index is 0.0844. The Bertz CT molecular complexity index is 998. The summed E-state index contributed by atoms with van der Waals surface area (Å²) in [7, 11) is 1.60. The van der Waals surface area contributed by atoms with Crippen molar-refractivity contribution in [2.45, 2.75) is 0 Å². The quantitative estimate of drug-likeness (QED) is 0.322. The number of nitriles is 1. The second-order valence-corrected chi connectivity index (χ2v) is 6.52. The number of aromatic nitrogens is 1. The molecule has 3 rings (SSSR count). The molecule has 6 nitrogen and oxygen atoms in total. The largest absolute Gasteiger partial charge is 0.497 e. The average molecular weight is 355 g/mol. The second-order valence-electron chi connectivity index (χ2n) is 4.80. The summed E-state index contributed by atoms with van der Waals surface area (Å²) in [6.07, 6.45) is 1.73. The summed E-state index contributed by atoms with van der Waals surface area (Å²) in [6, 6.07) is 13.1. The molecule has 0 radical (unpaired) electrons. The van der Waals surface area contributed by atoms with Gasteiger partial charge in [-0.3, -0.25) is 4.90 Å². The number of hydrogen-bond donors (Lipinski definition) is 2. The van der Waals surface area contributed by atoms with Crippen LogP contribution in [0.2, 0.25) is 0 Å². The molecule has 3 aromatic rings. The number of hydrogen-bond acceptors (Lipinski definition) is 5. The third kappa shape index (κ3) is 3.08. The van der Waals surface area contributed by atoms with Gasteiger partial charge in [0.15, 0.2) is 3.95 Å². The van der Waals surface area contributed by atoms with Crippen molar-refractivity contribution in [3.05, 3.63) is 46.4 Å². The summed E-state index contributed by atoms with van der Waals surface area (Å²) in [5.41, 5.74) is 8.52. The highest BCUT2D eigenvalue weighted by Crippen LogP contribution is 2.31. The van der Waals surface area contributed by atoms with Crippen LogP contribution in [0.15, 0.2) is 47.5 Å². The first-order chi connectivity index (χ1) is 11.6. The number of thiazole rings is 1. The minimum Gasteiger partial charge on any atom is -0.497 e. The van der Waals surface area contributed by atoms with Gasteiger partial charge in [-0.15, -0.1) is 16.3 Å². The number of aliphatic imine (C=N–C) groups is 1. The van der Waals surface area contributed by atoms with E-state index in [2.05, 4.69) is 9.98 Å². The molecule has 24 heavy (non-hydrogen) atoms. The summed E-state index contributed by atoms with van der Waals surface area (Å²) in [6.45, 7) is 0. The minimum absolute atomic E-state index is 0.0844. The zero-order valence-electron chi connectivity index (χ0n) is 12.7. The number of methoxy groups -OCH3 is 1. The Morgan fingerprint density at radius 2 is 2.00 bits per heavy atom. The van der Waals surface area contributed by atoms with Crippen LogP contribution in [-0.2, 0) is 0 Å². The first kappa shape index (κ1) is 16.0. The third-order valence-electron chi connectivity index (χ3n) is 3.39. The number of aromatic amines is 1. The number of ether oxygens (including phenoxy) is 1. The van der Waals surface area contributed by atoms with Gasteiger partial charge in [0.2, 0.25) is 12.2 Å². The van der Waals surface area contributed by atoms with Gasteiger partial charge in [0, 0.05) is 5.69 Å². The fourth-order valence-corrected chi connectivity index (χ4v) is 3.47. The van der Waals surface area contributed by atoms with E-state index in [1.807, 2.05) is 42.5 Å². The molecule has 1 heterocycles. The van der Waals surface area contributed by atoms with Gasteiger partial charge >= 0.3 is 0 Å². The van der Waals surface area contributed by atoms with Crippen molar-refractivity contribution in [2.75, 3.05) is 12.0 Å². The molecule has 8 heteroatoms. The number of nitrogens with one attached hydrogen (secondary N) is 1. The Labute approximate surface area is 147 Å². The maximum absolute atomic E-state index is 8.86. The molecule has 0 aliphatic heterocycles. The van der Waals surface area contributed by atoms with Crippen LogP contribution in [0.3, 0.4) is 0 Å². The van der Waals surface area contributed by atoms with Gasteiger partial charge in [-0.1, -0.05) is 0 Å². The van der Waals surface area contributed by atoms with Gasteiger partial charge in [-0.25, -0.2) is 0 Å². The highest BCUT2D eigenvalue weighted by molar-refractivity contribution is 7.73. The molecule has 0 atom stereocenters. The van der Waals surface area contributed by atoms with E-state index in [9.17, 15) is 0 Å². The summed E-state index contributed by atoms with van der Waals surface area (Å²) < 4.78 is 6.88. The van der Waals surface area contributed by atoms with Crippen LogP contribution >= 0.6 is 23.6 Å². The van der Waals surface area contributed by atoms with Crippen molar-refractivity contribution in [1.29, 1.82) is 5.26 Å². The molecule has 1 aromatic heterocycles. The first-order valence-corrected chi connectivity index (χ1v) is 8.14. The van der Waals surface area contributed by atoms with E-state index in [0.717, 1.165) is 27.3 Å². The smallest absolute Gasteiger partial charge is 0.216 e. The molecule has 0 unspecified atom stereocenters. The second kappa shape index (κ2) is 6.70. The van der Waals surface area contributed by atoms with Crippen molar-refractivity contribution < 1.29 is 4.74 Å². The number of nitrogens with two attached hydrogens (primary N) is 1. The predicted octanol–water partition coefficient (Wildman–Crippen LogP) is 3.90. The van der Waals surface area contributed by atoms with Crippen LogP contribution in [0.1, 0.15) is 0 Å². The van der Waals surface area contributed by atoms with E-state index in [4.69, 9.17) is 28.0 Å². The van der Waals surface area contributed by atoms with E-state index < -0.39 is 0 Å². The summed E-state index contributed by atoms with van der Waals surface area (Å²) in [5.74, 6) is 0.815. The van der Waals surface area contributed by atoms with Gasteiger partial charge in [-0.05, 0) is 54.7 Å². The Morgan fingerprint density at radius 3 is 2.67 bits per heavy atom. The molecule has 0 fully saturated rings. The highest BCUT2D eigenvalue weighted by atomic mass is 32.1. The monoisotopic (exact) mass is 355 g/mol. The van der Waals surface area contributed by atoms with Crippen molar-refractivity contribution in [1.82, 2.24) is 4.98 Å². The zero-order valence-corrected chi connectivity index (χ0v) is 14.3. The fourth-order valence-electron chi connectivity index (χ4n) is 2.32. The zero-order chi connectivity index (χ0) is 17.1. The lowest BCUT2D eigenvalue weighted by Crippen LogP contribution is -2.33.